The molecule has 114 valence electrons. The lowest BCUT2D eigenvalue weighted by Gasteiger charge is -2.22. The zero-order chi connectivity index (χ0) is 14.8. The van der Waals surface area contributed by atoms with E-state index in [9.17, 15) is 4.79 Å². The predicted octanol–water partition coefficient (Wildman–Crippen LogP) is 1.45. The van der Waals surface area contributed by atoms with Gasteiger partial charge in [0.05, 0.1) is 6.54 Å². The predicted molar refractivity (Wildman–Crippen MR) is 82.6 cm³/mol. The van der Waals surface area contributed by atoms with Crippen LogP contribution in [0.25, 0.3) is 0 Å². The molecule has 1 aliphatic carbocycles. The summed E-state index contributed by atoms with van der Waals surface area (Å²) in [6, 6.07) is 1.91. The Balaban J connectivity index is 1.72. The summed E-state index contributed by atoms with van der Waals surface area (Å²) in [5.41, 5.74) is 0. The van der Waals surface area contributed by atoms with Crippen LogP contribution in [0.4, 0.5) is 11.6 Å². The topological polar surface area (TPSA) is 61.4 Å². The molecule has 6 nitrogen and oxygen atoms in total. The Morgan fingerprint density at radius 3 is 2.71 bits per heavy atom. The van der Waals surface area contributed by atoms with Crippen LogP contribution in [0.3, 0.4) is 0 Å². The van der Waals surface area contributed by atoms with Crippen molar-refractivity contribution in [3.8, 4) is 0 Å². The number of nitrogens with zero attached hydrogens (tertiary/aromatic N) is 4. The number of hydrogen-bond acceptors (Lipinski definition) is 5. The summed E-state index contributed by atoms with van der Waals surface area (Å²) < 4.78 is 0. The Labute approximate surface area is 125 Å². The zero-order valence-corrected chi connectivity index (χ0v) is 12.8. The molecule has 3 rings (SSSR count). The molecule has 1 saturated heterocycles. The van der Waals surface area contributed by atoms with Crippen LogP contribution < -0.4 is 10.2 Å². The van der Waals surface area contributed by atoms with Crippen LogP contribution in [0.1, 0.15) is 37.4 Å². The number of aromatic nitrogens is 2. The third kappa shape index (κ3) is 3.25. The van der Waals surface area contributed by atoms with E-state index in [1.807, 2.05) is 30.0 Å². The summed E-state index contributed by atoms with van der Waals surface area (Å²) in [5, 5.41) is 3.08. The number of amides is 1. The van der Waals surface area contributed by atoms with Crippen LogP contribution in [-0.2, 0) is 4.79 Å². The lowest BCUT2D eigenvalue weighted by atomic mass is 10.3. The van der Waals surface area contributed by atoms with Gasteiger partial charge in [0, 0.05) is 39.2 Å². The van der Waals surface area contributed by atoms with Gasteiger partial charge in [-0.1, -0.05) is 0 Å². The number of hydrogen-bond donors (Lipinski definition) is 1. The van der Waals surface area contributed by atoms with Crippen LogP contribution >= 0.6 is 0 Å². The molecule has 21 heavy (non-hydrogen) atoms. The molecule has 1 amide bonds. The van der Waals surface area contributed by atoms with E-state index in [-0.39, 0.29) is 5.91 Å². The van der Waals surface area contributed by atoms with E-state index in [0.717, 1.165) is 43.4 Å². The number of likely N-dealkylation sites (tertiary alicyclic amines) is 1. The molecule has 2 heterocycles. The SMILES string of the molecule is CNc1cc(N(C)CC(=O)N2CCCC2)nc(C2CC2)n1. The molecule has 0 radical (unpaired) electrons. The van der Waals surface area contributed by atoms with Gasteiger partial charge in [0.25, 0.3) is 0 Å². The van der Waals surface area contributed by atoms with Gasteiger partial charge in [0.1, 0.15) is 17.5 Å². The van der Waals surface area contributed by atoms with Gasteiger partial charge in [0.15, 0.2) is 0 Å². The van der Waals surface area contributed by atoms with Crippen molar-refractivity contribution in [1.82, 2.24) is 14.9 Å². The maximum atomic E-state index is 12.2. The second-order valence-electron chi connectivity index (χ2n) is 5.94. The summed E-state index contributed by atoms with van der Waals surface area (Å²) in [7, 11) is 3.78. The minimum atomic E-state index is 0.188. The van der Waals surface area contributed by atoms with Crippen molar-refractivity contribution < 1.29 is 4.79 Å². The van der Waals surface area contributed by atoms with Crippen LogP contribution in [0.2, 0.25) is 0 Å². The summed E-state index contributed by atoms with van der Waals surface area (Å²) in [5.74, 6) is 3.23. The first-order chi connectivity index (χ1) is 10.2. The first-order valence-corrected chi connectivity index (χ1v) is 7.73. The molecule has 2 aliphatic rings. The molecule has 0 spiro atoms. The minimum absolute atomic E-state index is 0.188. The van der Waals surface area contributed by atoms with E-state index in [4.69, 9.17) is 0 Å². The lowest BCUT2D eigenvalue weighted by molar-refractivity contribution is -0.128. The van der Waals surface area contributed by atoms with Gasteiger partial charge in [-0.25, -0.2) is 9.97 Å². The number of anilines is 2. The van der Waals surface area contributed by atoms with Gasteiger partial charge in [-0.3, -0.25) is 4.79 Å². The van der Waals surface area contributed by atoms with Crippen LogP contribution in [0.5, 0.6) is 0 Å². The molecular weight excluding hydrogens is 266 g/mol. The van der Waals surface area contributed by atoms with E-state index in [1.165, 1.54) is 12.8 Å². The van der Waals surface area contributed by atoms with Gasteiger partial charge < -0.3 is 15.1 Å². The smallest absolute Gasteiger partial charge is 0.242 e. The van der Waals surface area contributed by atoms with Crippen molar-refractivity contribution >= 4 is 17.5 Å². The Morgan fingerprint density at radius 1 is 1.38 bits per heavy atom. The zero-order valence-electron chi connectivity index (χ0n) is 12.8. The highest BCUT2D eigenvalue weighted by Crippen LogP contribution is 2.39. The van der Waals surface area contributed by atoms with Crippen LogP contribution in [0, 0.1) is 0 Å². The average molecular weight is 289 g/mol. The molecule has 0 aromatic carbocycles. The van der Waals surface area contributed by atoms with E-state index in [1.54, 1.807) is 0 Å². The monoisotopic (exact) mass is 289 g/mol. The molecule has 1 aromatic rings. The lowest BCUT2D eigenvalue weighted by Crippen LogP contribution is -2.37. The second-order valence-corrected chi connectivity index (χ2v) is 5.94. The molecule has 1 N–H and O–H groups in total. The Bertz CT molecular complexity index is 523. The first kappa shape index (κ1) is 14.1. The fraction of sp³-hybridized carbons (Fsp3) is 0.667. The highest BCUT2D eigenvalue weighted by molar-refractivity contribution is 5.81. The Kier molecular flexibility index (Phi) is 3.94. The molecule has 2 fully saturated rings. The van der Waals surface area contributed by atoms with Crippen molar-refractivity contribution in [2.75, 3.05) is 43.9 Å². The number of carbonyl (C=O) groups excluding carboxylic acids is 1. The molecule has 0 atom stereocenters. The van der Waals surface area contributed by atoms with Gasteiger partial charge >= 0.3 is 0 Å². The van der Waals surface area contributed by atoms with Crippen molar-refractivity contribution in [1.29, 1.82) is 0 Å². The van der Waals surface area contributed by atoms with Crippen molar-refractivity contribution in [2.24, 2.45) is 0 Å². The fourth-order valence-corrected chi connectivity index (χ4v) is 2.65. The standard InChI is InChI=1S/C15H23N5O/c1-16-12-9-13(18-15(17-12)11-5-6-11)19(2)10-14(21)20-7-3-4-8-20/h9,11H,3-8,10H2,1-2H3,(H,16,17,18). The Morgan fingerprint density at radius 2 is 2.10 bits per heavy atom. The van der Waals surface area contributed by atoms with Crippen LogP contribution in [-0.4, -0.2) is 54.5 Å². The first-order valence-electron chi connectivity index (χ1n) is 7.73. The number of likely N-dealkylation sites (N-methyl/N-ethyl adjacent to an activating group) is 1. The average Bonchev–Trinajstić information content (AvgIpc) is 3.21. The maximum Gasteiger partial charge on any atom is 0.242 e. The number of rotatable bonds is 5. The van der Waals surface area contributed by atoms with Crippen molar-refractivity contribution in [3.63, 3.8) is 0 Å². The summed E-state index contributed by atoms with van der Waals surface area (Å²) in [4.78, 5) is 25.2. The third-order valence-electron chi connectivity index (χ3n) is 4.15. The Hall–Kier alpha value is -1.85. The van der Waals surface area contributed by atoms with Gasteiger partial charge in [-0.2, -0.15) is 0 Å². The molecule has 1 aromatic heterocycles. The third-order valence-corrected chi connectivity index (χ3v) is 4.15. The number of carbonyl (C=O) groups is 1. The highest BCUT2D eigenvalue weighted by Gasteiger charge is 2.28. The largest absolute Gasteiger partial charge is 0.373 e. The summed E-state index contributed by atoms with van der Waals surface area (Å²) in [6.45, 7) is 2.17. The van der Waals surface area contributed by atoms with Gasteiger partial charge in [0.2, 0.25) is 5.91 Å². The molecule has 1 aliphatic heterocycles. The summed E-state index contributed by atoms with van der Waals surface area (Å²) in [6.07, 6.45) is 4.59. The van der Waals surface area contributed by atoms with Gasteiger partial charge in [-0.15, -0.1) is 0 Å². The second kappa shape index (κ2) is 5.87. The number of nitrogens with one attached hydrogen (secondary N) is 1. The van der Waals surface area contributed by atoms with E-state index in [2.05, 4.69) is 15.3 Å². The van der Waals surface area contributed by atoms with Crippen molar-refractivity contribution in [2.45, 2.75) is 31.6 Å². The van der Waals surface area contributed by atoms with E-state index < -0.39 is 0 Å². The normalized spacial score (nSPS) is 17.9. The molecular formula is C15H23N5O. The molecule has 0 bridgehead atoms. The van der Waals surface area contributed by atoms with Gasteiger partial charge in [-0.05, 0) is 25.7 Å². The minimum Gasteiger partial charge on any atom is -0.373 e. The van der Waals surface area contributed by atoms with E-state index in [0.29, 0.717) is 12.5 Å². The van der Waals surface area contributed by atoms with Crippen LogP contribution in [0.15, 0.2) is 6.07 Å². The molecule has 0 unspecified atom stereocenters. The maximum absolute atomic E-state index is 12.2. The van der Waals surface area contributed by atoms with Crippen molar-refractivity contribution in [3.05, 3.63) is 11.9 Å². The quantitative estimate of drug-likeness (QED) is 0.889. The molecule has 6 heteroatoms. The fourth-order valence-electron chi connectivity index (χ4n) is 2.65. The van der Waals surface area contributed by atoms with E-state index >= 15 is 0 Å². The highest BCUT2D eigenvalue weighted by atomic mass is 16.2. The summed E-state index contributed by atoms with van der Waals surface area (Å²) >= 11 is 0. The molecule has 1 saturated carbocycles.